The molecule has 2 unspecified atom stereocenters. The van der Waals surface area contributed by atoms with E-state index >= 15 is 0 Å². The van der Waals surface area contributed by atoms with Crippen molar-refractivity contribution < 1.29 is 9.47 Å². The number of hydrogen-bond donors (Lipinski definition) is 2. The average molecular weight is 445 g/mol. The number of nitrogens with zero attached hydrogens (tertiary/aromatic N) is 2. The van der Waals surface area contributed by atoms with Crippen molar-refractivity contribution in [2.24, 2.45) is 22.2 Å². The Kier molecular flexibility index (Phi) is 9.23. The van der Waals surface area contributed by atoms with Crippen molar-refractivity contribution in [1.29, 1.82) is 0 Å². The molecule has 0 aliphatic carbocycles. The van der Waals surface area contributed by atoms with Gasteiger partial charge in [0.25, 0.3) is 0 Å². The van der Waals surface area contributed by atoms with Crippen LogP contribution in [0.1, 0.15) is 52.0 Å². The number of aliphatic imine (C=N–C) groups is 1. The molecule has 0 bridgehead atoms. The van der Waals surface area contributed by atoms with Gasteiger partial charge in [0.2, 0.25) is 0 Å². The van der Waals surface area contributed by atoms with Gasteiger partial charge >= 0.3 is 0 Å². The van der Waals surface area contributed by atoms with Crippen molar-refractivity contribution in [2.75, 3.05) is 46.9 Å². The molecule has 0 saturated carbocycles. The van der Waals surface area contributed by atoms with Crippen molar-refractivity contribution in [2.45, 2.75) is 59.1 Å². The third kappa shape index (κ3) is 7.38. The molecule has 6 nitrogen and oxygen atoms in total. The summed E-state index contributed by atoms with van der Waals surface area (Å²) in [4.78, 5) is 7.02. The molecule has 2 aliphatic heterocycles. The highest BCUT2D eigenvalue weighted by Gasteiger charge is 2.35. The molecule has 0 spiro atoms. The number of piperidine rings is 1. The lowest BCUT2D eigenvalue weighted by atomic mass is 9.78. The van der Waals surface area contributed by atoms with Crippen molar-refractivity contribution >= 4 is 5.96 Å². The van der Waals surface area contributed by atoms with E-state index in [2.05, 4.69) is 53.4 Å². The Hall–Kier alpha value is -1.79. The van der Waals surface area contributed by atoms with Gasteiger partial charge in [0.05, 0.1) is 13.2 Å². The van der Waals surface area contributed by atoms with Gasteiger partial charge in [-0.3, -0.25) is 9.89 Å². The Morgan fingerprint density at radius 3 is 2.41 bits per heavy atom. The third-order valence-electron chi connectivity index (χ3n) is 6.88. The maximum atomic E-state index is 6.13. The number of rotatable bonds is 7. The molecular formula is C26H44N4O2. The first-order valence-electron chi connectivity index (χ1n) is 12.3. The van der Waals surface area contributed by atoms with Gasteiger partial charge in [-0.05, 0) is 67.8 Å². The fourth-order valence-corrected chi connectivity index (χ4v) is 5.04. The number of nitrogens with one attached hydrogen (secondary N) is 2. The maximum absolute atomic E-state index is 6.13. The molecule has 2 aliphatic rings. The zero-order valence-electron chi connectivity index (χ0n) is 20.8. The zero-order chi connectivity index (χ0) is 23.0. The number of methoxy groups -OCH3 is 1. The summed E-state index contributed by atoms with van der Waals surface area (Å²) in [5, 5.41) is 7.14. The van der Waals surface area contributed by atoms with Gasteiger partial charge in [0, 0.05) is 39.2 Å². The van der Waals surface area contributed by atoms with E-state index in [1.54, 1.807) is 7.11 Å². The molecule has 1 aromatic carbocycles. The summed E-state index contributed by atoms with van der Waals surface area (Å²) in [7, 11) is 3.58. The summed E-state index contributed by atoms with van der Waals surface area (Å²) < 4.78 is 11.4. The molecule has 2 saturated heterocycles. The molecule has 3 rings (SSSR count). The van der Waals surface area contributed by atoms with Crippen LogP contribution in [-0.4, -0.2) is 63.9 Å². The highest BCUT2D eigenvalue weighted by Crippen LogP contribution is 2.33. The Morgan fingerprint density at radius 2 is 1.78 bits per heavy atom. The Balaban J connectivity index is 1.37. The van der Waals surface area contributed by atoms with Gasteiger partial charge in [-0.1, -0.05) is 32.9 Å². The quantitative estimate of drug-likeness (QED) is 0.493. The van der Waals surface area contributed by atoms with E-state index in [1.165, 1.54) is 24.8 Å². The average Bonchev–Trinajstić information content (AvgIpc) is 2.80. The standard InChI is InChI=1S/C26H44N4O2/c1-26(2,3)24-22(7-6-16-32-24)18-29-25(27-4)28-17-20-12-14-30(15-13-20)19-21-8-10-23(31-5)11-9-21/h8-11,20,22,24H,6-7,12-19H2,1-5H3,(H2,27,28,29). The summed E-state index contributed by atoms with van der Waals surface area (Å²) in [5.74, 6) is 3.07. The first-order valence-corrected chi connectivity index (χ1v) is 12.3. The predicted octanol–water partition coefficient (Wildman–Crippen LogP) is 3.91. The van der Waals surface area contributed by atoms with Crippen molar-refractivity contribution in [3.05, 3.63) is 29.8 Å². The molecule has 0 amide bonds. The van der Waals surface area contributed by atoms with Crippen molar-refractivity contribution in [3.8, 4) is 5.75 Å². The second kappa shape index (κ2) is 11.9. The Labute approximate surface area is 195 Å². The number of guanidine groups is 1. The van der Waals surface area contributed by atoms with Gasteiger partial charge in [0.15, 0.2) is 5.96 Å². The van der Waals surface area contributed by atoms with Crippen molar-refractivity contribution in [3.63, 3.8) is 0 Å². The normalized spacial score (nSPS) is 23.7. The van der Waals surface area contributed by atoms with Crippen LogP contribution < -0.4 is 15.4 Å². The van der Waals surface area contributed by atoms with E-state index < -0.39 is 0 Å². The molecule has 2 N–H and O–H groups in total. The van der Waals surface area contributed by atoms with Crippen LogP contribution in [0.5, 0.6) is 5.75 Å². The number of hydrogen-bond acceptors (Lipinski definition) is 4. The predicted molar refractivity (Wildman–Crippen MR) is 132 cm³/mol. The molecule has 0 aromatic heterocycles. The molecule has 2 atom stereocenters. The van der Waals surface area contributed by atoms with Crippen LogP contribution in [-0.2, 0) is 11.3 Å². The summed E-state index contributed by atoms with van der Waals surface area (Å²) in [6, 6.07) is 8.44. The summed E-state index contributed by atoms with van der Waals surface area (Å²) in [6.45, 7) is 13.0. The van der Waals surface area contributed by atoms with Gasteiger partial charge in [-0.15, -0.1) is 0 Å². The third-order valence-corrected chi connectivity index (χ3v) is 6.88. The molecule has 32 heavy (non-hydrogen) atoms. The van der Waals surface area contributed by atoms with E-state index in [1.807, 2.05) is 19.2 Å². The minimum Gasteiger partial charge on any atom is -0.497 e. The molecule has 2 heterocycles. The molecule has 6 heteroatoms. The fourth-order valence-electron chi connectivity index (χ4n) is 5.04. The first-order chi connectivity index (χ1) is 15.4. The second-order valence-corrected chi connectivity index (χ2v) is 10.5. The van der Waals surface area contributed by atoms with Gasteiger partial charge in [0.1, 0.15) is 5.75 Å². The summed E-state index contributed by atoms with van der Waals surface area (Å²) in [6.07, 6.45) is 5.13. The summed E-state index contributed by atoms with van der Waals surface area (Å²) >= 11 is 0. The van der Waals surface area contributed by atoms with Crippen LogP contribution in [0.4, 0.5) is 0 Å². The van der Waals surface area contributed by atoms with Crippen LogP contribution in [0.15, 0.2) is 29.3 Å². The largest absolute Gasteiger partial charge is 0.497 e. The number of benzene rings is 1. The van der Waals surface area contributed by atoms with E-state index in [0.29, 0.717) is 17.9 Å². The molecule has 1 aromatic rings. The SMILES string of the molecule is CN=C(NCC1CCN(Cc2ccc(OC)cc2)CC1)NCC1CCCOC1C(C)(C)C. The highest BCUT2D eigenvalue weighted by atomic mass is 16.5. The van der Waals surface area contributed by atoms with Gasteiger partial charge < -0.3 is 20.1 Å². The molecule has 0 radical (unpaired) electrons. The van der Waals surface area contributed by atoms with E-state index in [0.717, 1.165) is 57.5 Å². The van der Waals surface area contributed by atoms with Crippen LogP contribution in [0.2, 0.25) is 0 Å². The van der Waals surface area contributed by atoms with Crippen molar-refractivity contribution in [1.82, 2.24) is 15.5 Å². The minimum absolute atomic E-state index is 0.170. The second-order valence-electron chi connectivity index (χ2n) is 10.5. The zero-order valence-corrected chi connectivity index (χ0v) is 20.8. The van der Waals surface area contributed by atoms with Crippen LogP contribution >= 0.6 is 0 Å². The first kappa shape index (κ1) is 24.8. The highest BCUT2D eigenvalue weighted by molar-refractivity contribution is 5.79. The number of ether oxygens (including phenoxy) is 2. The van der Waals surface area contributed by atoms with Crippen LogP contribution in [0.3, 0.4) is 0 Å². The maximum Gasteiger partial charge on any atom is 0.190 e. The van der Waals surface area contributed by atoms with Crippen LogP contribution in [0.25, 0.3) is 0 Å². The Morgan fingerprint density at radius 1 is 1.09 bits per heavy atom. The van der Waals surface area contributed by atoms with Gasteiger partial charge in [-0.2, -0.15) is 0 Å². The fraction of sp³-hybridized carbons (Fsp3) is 0.731. The van der Waals surface area contributed by atoms with Gasteiger partial charge in [-0.25, -0.2) is 0 Å². The monoisotopic (exact) mass is 444 g/mol. The summed E-state index contributed by atoms with van der Waals surface area (Å²) in [5.41, 5.74) is 1.52. The molecule has 180 valence electrons. The number of likely N-dealkylation sites (tertiary alicyclic amines) is 1. The smallest absolute Gasteiger partial charge is 0.190 e. The molecular weight excluding hydrogens is 400 g/mol. The minimum atomic E-state index is 0.170. The van der Waals surface area contributed by atoms with E-state index in [9.17, 15) is 0 Å². The lowest BCUT2D eigenvalue weighted by molar-refractivity contribution is -0.0835. The van der Waals surface area contributed by atoms with Crippen LogP contribution in [0, 0.1) is 17.3 Å². The molecule has 2 fully saturated rings. The Bertz CT molecular complexity index is 706. The van der Waals surface area contributed by atoms with E-state index in [4.69, 9.17) is 9.47 Å². The topological polar surface area (TPSA) is 58.1 Å². The lowest BCUT2D eigenvalue weighted by Gasteiger charge is -2.40. The lowest BCUT2D eigenvalue weighted by Crippen LogP contribution is -2.48. The van der Waals surface area contributed by atoms with E-state index in [-0.39, 0.29) is 5.41 Å².